The third kappa shape index (κ3) is 2.85. The molecule has 3 aliphatic rings. The van der Waals surface area contributed by atoms with E-state index in [1.54, 1.807) is 6.42 Å². The molecule has 3 saturated carbocycles. The number of rotatable bonds is 4. The Kier molecular flexibility index (Phi) is 4.19. The molecule has 0 radical (unpaired) electrons. The smallest absolute Gasteiger partial charge is 0.0135 e. The quantitative estimate of drug-likeness (QED) is 0.845. The molecule has 0 aromatic heterocycles. The summed E-state index contributed by atoms with van der Waals surface area (Å²) in [6, 6.07) is 0.757. The van der Waals surface area contributed by atoms with Crippen LogP contribution >= 0.6 is 0 Å². The maximum absolute atomic E-state index is 6.02. The summed E-state index contributed by atoms with van der Waals surface area (Å²) in [7, 11) is 2.37. The molecule has 0 aliphatic heterocycles. The van der Waals surface area contributed by atoms with Gasteiger partial charge in [0.15, 0.2) is 0 Å². The van der Waals surface area contributed by atoms with Crippen LogP contribution in [-0.2, 0) is 0 Å². The molecule has 2 heteroatoms. The van der Waals surface area contributed by atoms with Gasteiger partial charge in [-0.2, -0.15) is 0 Å². The maximum Gasteiger partial charge on any atom is 0.0135 e. The first-order valence-electron chi connectivity index (χ1n) is 8.57. The summed E-state index contributed by atoms with van der Waals surface area (Å²) >= 11 is 0. The van der Waals surface area contributed by atoms with E-state index >= 15 is 0 Å². The highest BCUT2D eigenvalue weighted by Gasteiger charge is 2.41. The van der Waals surface area contributed by atoms with E-state index in [0.29, 0.717) is 0 Å². The molecule has 2 bridgehead atoms. The Morgan fingerprint density at radius 3 is 2.47 bits per heavy atom. The van der Waals surface area contributed by atoms with Crippen LogP contribution in [0.15, 0.2) is 0 Å². The largest absolute Gasteiger partial charge is 0.330 e. The average molecular weight is 264 g/mol. The standard InChI is InChI=1S/C17H32N2/c1-12-3-5-15(10-18)17(7-12)19(2)11-16-9-13-4-6-14(16)8-13/h12-17H,3-11,18H2,1-2H3. The van der Waals surface area contributed by atoms with Crippen molar-refractivity contribution < 1.29 is 0 Å². The Morgan fingerprint density at radius 1 is 1.00 bits per heavy atom. The molecule has 0 heterocycles. The molecule has 3 rings (SSSR count). The van der Waals surface area contributed by atoms with Crippen molar-refractivity contribution in [1.29, 1.82) is 0 Å². The number of hydrogen-bond acceptors (Lipinski definition) is 2. The fraction of sp³-hybridized carbons (Fsp3) is 1.00. The zero-order valence-corrected chi connectivity index (χ0v) is 12.9. The van der Waals surface area contributed by atoms with Gasteiger partial charge in [0.2, 0.25) is 0 Å². The summed E-state index contributed by atoms with van der Waals surface area (Å²) < 4.78 is 0. The highest BCUT2D eigenvalue weighted by atomic mass is 15.1. The lowest BCUT2D eigenvalue weighted by Gasteiger charge is -2.41. The summed E-state index contributed by atoms with van der Waals surface area (Å²) in [4.78, 5) is 2.69. The van der Waals surface area contributed by atoms with Gasteiger partial charge in [-0.25, -0.2) is 0 Å². The topological polar surface area (TPSA) is 29.3 Å². The fourth-order valence-electron chi connectivity index (χ4n) is 5.33. The molecule has 19 heavy (non-hydrogen) atoms. The minimum atomic E-state index is 0.750. The highest BCUT2D eigenvalue weighted by Crippen LogP contribution is 2.48. The Bertz CT molecular complexity index is 304. The van der Waals surface area contributed by atoms with E-state index in [2.05, 4.69) is 18.9 Å². The summed E-state index contributed by atoms with van der Waals surface area (Å²) in [5.41, 5.74) is 6.02. The predicted octanol–water partition coefficient (Wildman–Crippen LogP) is 3.12. The average Bonchev–Trinajstić information content (AvgIpc) is 3.01. The molecule has 6 atom stereocenters. The Hall–Kier alpha value is -0.0800. The van der Waals surface area contributed by atoms with Crippen LogP contribution in [0.5, 0.6) is 0 Å². The van der Waals surface area contributed by atoms with Crippen LogP contribution in [0.2, 0.25) is 0 Å². The molecule has 110 valence electrons. The van der Waals surface area contributed by atoms with Crippen molar-refractivity contribution in [1.82, 2.24) is 4.90 Å². The summed E-state index contributed by atoms with van der Waals surface area (Å²) in [6.07, 6.45) is 10.2. The minimum absolute atomic E-state index is 0.750. The van der Waals surface area contributed by atoms with E-state index in [4.69, 9.17) is 5.73 Å². The number of fused-ring (bicyclic) bond motifs is 2. The molecule has 2 N–H and O–H groups in total. The lowest BCUT2D eigenvalue weighted by atomic mass is 9.78. The maximum atomic E-state index is 6.02. The first-order chi connectivity index (χ1) is 9.17. The van der Waals surface area contributed by atoms with Crippen molar-refractivity contribution in [2.45, 2.75) is 57.9 Å². The van der Waals surface area contributed by atoms with Gasteiger partial charge in [-0.3, -0.25) is 0 Å². The second kappa shape index (κ2) is 5.73. The summed E-state index contributed by atoms with van der Waals surface area (Å²) in [5.74, 6) is 4.79. The van der Waals surface area contributed by atoms with E-state index < -0.39 is 0 Å². The Morgan fingerprint density at radius 2 is 1.84 bits per heavy atom. The third-order valence-electron chi connectivity index (χ3n) is 6.49. The zero-order chi connectivity index (χ0) is 13.4. The fourth-order valence-corrected chi connectivity index (χ4v) is 5.33. The summed E-state index contributed by atoms with van der Waals surface area (Å²) in [5, 5.41) is 0. The molecule has 0 aromatic rings. The number of nitrogens with zero attached hydrogens (tertiary/aromatic N) is 1. The van der Waals surface area contributed by atoms with Crippen LogP contribution < -0.4 is 5.73 Å². The molecule has 0 aromatic carbocycles. The predicted molar refractivity (Wildman–Crippen MR) is 80.9 cm³/mol. The van der Waals surface area contributed by atoms with Crippen molar-refractivity contribution >= 4 is 0 Å². The van der Waals surface area contributed by atoms with Gasteiger partial charge < -0.3 is 10.6 Å². The molecular formula is C17H32N2. The second-order valence-corrected chi connectivity index (χ2v) is 7.86. The first-order valence-corrected chi connectivity index (χ1v) is 8.57. The van der Waals surface area contributed by atoms with Gasteiger partial charge >= 0.3 is 0 Å². The van der Waals surface area contributed by atoms with E-state index in [1.165, 1.54) is 45.1 Å². The van der Waals surface area contributed by atoms with E-state index in [1.807, 2.05) is 0 Å². The lowest BCUT2D eigenvalue weighted by molar-refractivity contribution is 0.0844. The molecule has 0 amide bonds. The highest BCUT2D eigenvalue weighted by molar-refractivity contribution is 4.93. The van der Waals surface area contributed by atoms with Crippen molar-refractivity contribution in [2.75, 3.05) is 20.1 Å². The lowest BCUT2D eigenvalue weighted by Crippen LogP contribution is -2.46. The molecule has 0 spiro atoms. The zero-order valence-electron chi connectivity index (χ0n) is 12.9. The van der Waals surface area contributed by atoms with Crippen molar-refractivity contribution in [3.8, 4) is 0 Å². The van der Waals surface area contributed by atoms with Crippen LogP contribution in [0.25, 0.3) is 0 Å². The van der Waals surface area contributed by atoms with Gasteiger partial charge in [-0.05, 0) is 75.3 Å². The van der Waals surface area contributed by atoms with E-state index in [9.17, 15) is 0 Å². The molecule has 3 aliphatic carbocycles. The molecule has 3 fully saturated rings. The second-order valence-electron chi connectivity index (χ2n) is 7.86. The molecule has 2 nitrogen and oxygen atoms in total. The van der Waals surface area contributed by atoms with Crippen LogP contribution in [0, 0.1) is 29.6 Å². The van der Waals surface area contributed by atoms with Gasteiger partial charge in [0.1, 0.15) is 0 Å². The van der Waals surface area contributed by atoms with Crippen LogP contribution in [0.3, 0.4) is 0 Å². The molecular weight excluding hydrogens is 232 g/mol. The SMILES string of the molecule is CC1CCC(CN)C(N(C)CC2CC3CCC2C3)C1. The monoisotopic (exact) mass is 264 g/mol. The number of hydrogen-bond donors (Lipinski definition) is 1. The summed E-state index contributed by atoms with van der Waals surface area (Å²) in [6.45, 7) is 4.65. The van der Waals surface area contributed by atoms with Crippen LogP contribution in [0.4, 0.5) is 0 Å². The first kappa shape index (κ1) is 13.9. The van der Waals surface area contributed by atoms with Gasteiger partial charge in [0.05, 0.1) is 0 Å². The van der Waals surface area contributed by atoms with Gasteiger partial charge in [-0.15, -0.1) is 0 Å². The Balaban J connectivity index is 1.57. The minimum Gasteiger partial charge on any atom is -0.330 e. The van der Waals surface area contributed by atoms with E-state index in [0.717, 1.165) is 42.2 Å². The third-order valence-corrected chi connectivity index (χ3v) is 6.49. The van der Waals surface area contributed by atoms with Crippen LogP contribution in [0.1, 0.15) is 51.9 Å². The molecule has 6 unspecified atom stereocenters. The number of nitrogens with two attached hydrogens (primary N) is 1. The normalized spacial score (nSPS) is 46.1. The van der Waals surface area contributed by atoms with Crippen molar-refractivity contribution in [2.24, 2.45) is 35.3 Å². The molecule has 0 saturated heterocycles. The van der Waals surface area contributed by atoms with Gasteiger partial charge in [-0.1, -0.05) is 19.8 Å². The van der Waals surface area contributed by atoms with Crippen molar-refractivity contribution in [3.63, 3.8) is 0 Å². The van der Waals surface area contributed by atoms with E-state index in [-0.39, 0.29) is 0 Å². The van der Waals surface area contributed by atoms with Gasteiger partial charge in [0.25, 0.3) is 0 Å². The van der Waals surface area contributed by atoms with Crippen molar-refractivity contribution in [3.05, 3.63) is 0 Å². The van der Waals surface area contributed by atoms with Crippen LogP contribution in [-0.4, -0.2) is 31.1 Å². The van der Waals surface area contributed by atoms with Gasteiger partial charge in [0, 0.05) is 12.6 Å². The Labute approximate surface area is 119 Å².